The molecule has 0 spiro atoms. The number of nitrogens with zero attached hydrogens (tertiary/aromatic N) is 3. The average molecular weight is 172 g/mol. The number of aromatic nitrogens is 3. The lowest BCUT2D eigenvalue weighted by Gasteiger charge is -1.97. The summed E-state index contributed by atoms with van der Waals surface area (Å²) in [6, 6.07) is 0. The topological polar surface area (TPSA) is 31.5 Å². The van der Waals surface area contributed by atoms with Gasteiger partial charge in [-0.15, -0.1) is 0 Å². The second kappa shape index (κ2) is 2.17. The maximum absolute atomic E-state index is 5.81. The van der Waals surface area contributed by atoms with Crippen molar-refractivity contribution in [3.63, 3.8) is 0 Å². The molecule has 2 rings (SSSR count). The molecule has 0 aliphatic carbocycles. The molecule has 2 heterocycles. The van der Waals surface area contributed by atoms with Crippen LogP contribution < -0.4 is 4.84 Å². The number of imidazole rings is 1. The lowest BCUT2D eigenvalue weighted by molar-refractivity contribution is 0.178. The van der Waals surface area contributed by atoms with Crippen molar-refractivity contribution in [3.8, 4) is 0 Å². The van der Waals surface area contributed by atoms with Gasteiger partial charge in [-0.1, -0.05) is 11.6 Å². The molecule has 58 valence electrons. The summed E-state index contributed by atoms with van der Waals surface area (Å²) in [6.07, 6.45) is 5.09. The van der Waals surface area contributed by atoms with Gasteiger partial charge in [0.2, 0.25) is 0 Å². The molecule has 0 aliphatic heterocycles. The summed E-state index contributed by atoms with van der Waals surface area (Å²) < 4.78 is 3.20. The van der Waals surface area contributed by atoms with Crippen molar-refractivity contribution in [1.29, 1.82) is 0 Å². The lowest BCUT2D eigenvalue weighted by Crippen LogP contribution is -2.03. The van der Waals surface area contributed by atoms with Crippen molar-refractivity contribution in [1.82, 2.24) is 14.3 Å². The fourth-order valence-electron chi connectivity index (χ4n) is 0.992. The minimum atomic E-state index is 0.580. The number of rotatable bonds is 1. The van der Waals surface area contributed by atoms with E-state index in [0.717, 1.165) is 5.65 Å². The van der Waals surface area contributed by atoms with E-state index in [2.05, 4.69) is 5.10 Å². The minimum absolute atomic E-state index is 0.580. The summed E-state index contributed by atoms with van der Waals surface area (Å²) in [5.41, 5.74) is 0.745. The summed E-state index contributed by atoms with van der Waals surface area (Å²) in [7, 11) is 1.57. The number of hydrogen-bond donors (Lipinski definition) is 0. The highest BCUT2D eigenvalue weighted by atomic mass is 35.5. The number of fused-ring (bicyclic) bond motifs is 1. The molecule has 0 aliphatic rings. The van der Waals surface area contributed by atoms with Crippen LogP contribution in [0.3, 0.4) is 0 Å². The van der Waals surface area contributed by atoms with Gasteiger partial charge in [-0.25, -0.2) is 4.52 Å². The molecule has 0 aromatic carbocycles. The highest BCUT2D eigenvalue weighted by Crippen LogP contribution is 2.15. The Bertz CT molecular complexity index is 378. The molecule has 0 amide bonds. The SMILES string of the molecule is COn1ccn2ncc(Cl)c12. The third-order valence-electron chi connectivity index (χ3n) is 1.47. The molecule has 0 N–H and O–H groups in total. The summed E-state index contributed by atoms with van der Waals surface area (Å²) in [5.74, 6) is 0. The van der Waals surface area contributed by atoms with Crippen LogP contribution in [-0.4, -0.2) is 21.5 Å². The van der Waals surface area contributed by atoms with E-state index in [1.807, 2.05) is 0 Å². The van der Waals surface area contributed by atoms with E-state index in [4.69, 9.17) is 16.4 Å². The fourth-order valence-corrected chi connectivity index (χ4v) is 1.21. The normalized spacial score (nSPS) is 10.7. The fraction of sp³-hybridized carbons (Fsp3) is 0.167. The Morgan fingerprint density at radius 3 is 3.09 bits per heavy atom. The maximum atomic E-state index is 5.81. The third-order valence-corrected chi connectivity index (χ3v) is 1.74. The molecule has 0 radical (unpaired) electrons. The van der Waals surface area contributed by atoms with Gasteiger partial charge in [-0.05, 0) is 0 Å². The highest BCUT2D eigenvalue weighted by Gasteiger charge is 2.05. The Labute approximate surface area is 67.9 Å². The van der Waals surface area contributed by atoms with E-state index in [0.29, 0.717) is 5.02 Å². The van der Waals surface area contributed by atoms with Crippen molar-refractivity contribution >= 4 is 17.2 Å². The summed E-state index contributed by atoms with van der Waals surface area (Å²) >= 11 is 5.81. The smallest absolute Gasteiger partial charge is 0.189 e. The molecule has 0 bridgehead atoms. The van der Waals surface area contributed by atoms with Gasteiger partial charge in [0.15, 0.2) is 5.65 Å². The molecular formula is C6H6ClN3O. The zero-order chi connectivity index (χ0) is 7.84. The van der Waals surface area contributed by atoms with Crippen LogP contribution in [0.5, 0.6) is 0 Å². The molecule has 0 unspecified atom stereocenters. The van der Waals surface area contributed by atoms with E-state index in [9.17, 15) is 0 Å². The Kier molecular flexibility index (Phi) is 1.29. The Hall–Kier alpha value is -1.16. The van der Waals surface area contributed by atoms with Crippen molar-refractivity contribution in [2.75, 3.05) is 7.11 Å². The molecule has 0 saturated carbocycles. The van der Waals surface area contributed by atoms with E-state index in [1.165, 1.54) is 0 Å². The van der Waals surface area contributed by atoms with E-state index < -0.39 is 0 Å². The standard InChI is InChI=1S/C6H6ClN3O/c1-11-10-3-2-9-6(10)5(7)4-8-9/h2-4H,1H3. The van der Waals surface area contributed by atoms with Crippen molar-refractivity contribution in [3.05, 3.63) is 23.6 Å². The van der Waals surface area contributed by atoms with Crippen molar-refractivity contribution < 1.29 is 4.84 Å². The molecule has 5 heteroatoms. The van der Waals surface area contributed by atoms with Crippen LogP contribution >= 0.6 is 11.6 Å². The van der Waals surface area contributed by atoms with Gasteiger partial charge in [0, 0.05) is 0 Å². The van der Waals surface area contributed by atoms with Crippen LogP contribution in [0.25, 0.3) is 5.65 Å². The van der Waals surface area contributed by atoms with E-state index >= 15 is 0 Å². The second-order valence-electron chi connectivity index (χ2n) is 2.07. The molecule has 0 fully saturated rings. The molecule has 2 aromatic rings. The van der Waals surface area contributed by atoms with Gasteiger partial charge in [0.1, 0.15) is 12.1 Å². The maximum Gasteiger partial charge on any atom is 0.189 e. The molecule has 2 aromatic heterocycles. The van der Waals surface area contributed by atoms with Gasteiger partial charge < -0.3 is 4.84 Å². The zero-order valence-corrected chi connectivity index (χ0v) is 6.62. The summed E-state index contributed by atoms with van der Waals surface area (Å²) in [6.45, 7) is 0. The summed E-state index contributed by atoms with van der Waals surface area (Å²) in [5, 5.41) is 4.55. The van der Waals surface area contributed by atoms with Gasteiger partial charge >= 0.3 is 0 Å². The largest absolute Gasteiger partial charge is 0.416 e. The minimum Gasteiger partial charge on any atom is -0.416 e. The number of halogens is 1. The van der Waals surface area contributed by atoms with Crippen molar-refractivity contribution in [2.45, 2.75) is 0 Å². The summed E-state index contributed by atoms with van der Waals surface area (Å²) in [4.78, 5) is 4.98. The average Bonchev–Trinajstić information content (AvgIpc) is 2.54. The van der Waals surface area contributed by atoms with Crippen LogP contribution in [-0.2, 0) is 0 Å². The Morgan fingerprint density at radius 1 is 1.55 bits per heavy atom. The first-order valence-corrected chi connectivity index (χ1v) is 3.45. The Balaban J connectivity index is 2.80. The lowest BCUT2D eigenvalue weighted by atomic mass is 10.7. The molecule has 0 saturated heterocycles. The van der Waals surface area contributed by atoms with Gasteiger partial charge in [0.05, 0.1) is 18.6 Å². The second-order valence-corrected chi connectivity index (χ2v) is 2.47. The quantitative estimate of drug-likeness (QED) is 0.637. The molecule has 0 atom stereocenters. The van der Waals surface area contributed by atoms with Gasteiger partial charge in [-0.2, -0.15) is 9.83 Å². The number of hydrogen-bond acceptors (Lipinski definition) is 2. The predicted octanol–water partition coefficient (Wildman–Crippen LogP) is 0.848. The van der Waals surface area contributed by atoms with E-state index in [-0.39, 0.29) is 0 Å². The van der Waals surface area contributed by atoms with Crippen LogP contribution in [0, 0.1) is 0 Å². The van der Waals surface area contributed by atoms with Crippen LogP contribution in [0.15, 0.2) is 18.6 Å². The first kappa shape index (κ1) is 6.54. The zero-order valence-electron chi connectivity index (χ0n) is 5.86. The third kappa shape index (κ3) is 0.793. The van der Waals surface area contributed by atoms with Crippen LogP contribution in [0.2, 0.25) is 5.02 Å². The van der Waals surface area contributed by atoms with Crippen molar-refractivity contribution in [2.24, 2.45) is 0 Å². The first-order valence-electron chi connectivity index (χ1n) is 3.07. The molecular weight excluding hydrogens is 166 g/mol. The predicted molar refractivity (Wildman–Crippen MR) is 40.7 cm³/mol. The van der Waals surface area contributed by atoms with Gasteiger partial charge in [-0.3, -0.25) is 0 Å². The molecule has 11 heavy (non-hydrogen) atoms. The first-order chi connectivity index (χ1) is 5.33. The molecule has 4 nitrogen and oxygen atoms in total. The highest BCUT2D eigenvalue weighted by molar-refractivity contribution is 6.33. The monoisotopic (exact) mass is 171 g/mol. The van der Waals surface area contributed by atoms with E-state index in [1.54, 1.807) is 34.9 Å². The van der Waals surface area contributed by atoms with Crippen LogP contribution in [0.1, 0.15) is 0 Å². The Morgan fingerprint density at radius 2 is 2.36 bits per heavy atom. The van der Waals surface area contributed by atoms with Gasteiger partial charge in [0.25, 0.3) is 0 Å². The van der Waals surface area contributed by atoms with Crippen LogP contribution in [0.4, 0.5) is 0 Å².